The van der Waals surface area contributed by atoms with Crippen molar-refractivity contribution in [1.82, 2.24) is 0 Å². The van der Waals surface area contributed by atoms with E-state index in [1.165, 1.54) is 0 Å². The van der Waals surface area contributed by atoms with Gasteiger partial charge in [-0.25, -0.2) is 4.99 Å². The van der Waals surface area contributed by atoms with E-state index in [4.69, 9.17) is 11.6 Å². The zero-order chi connectivity index (χ0) is 10.3. The highest BCUT2D eigenvalue weighted by atomic mass is 35.5. The molecule has 1 aromatic rings. The maximum atomic E-state index is 5.96. The van der Waals surface area contributed by atoms with E-state index in [0.717, 1.165) is 27.8 Å². The van der Waals surface area contributed by atoms with Gasteiger partial charge in [0.05, 0.1) is 5.69 Å². The predicted octanol–water partition coefficient (Wildman–Crippen LogP) is 3.48. The minimum absolute atomic E-state index is 0.423. The van der Waals surface area contributed by atoms with Crippen LogP contribution in [0.25, 0.3) is 0 Å². The lowest BCUT2D eigenvalue weighted by atomic mass is 10.3. The summed E-state index contributed by atoms with van der Waals surface area (Å²) in [6, 6.07) is 7.91. The second-order valence-electron chi connectivity index (χ2n) is 2.89. The number of para-hydroxylation sites is 1. The molecule has 0 N–H and O–H groups in total. The van der Waals surface area contributed by atoms with E-state index in [1.54, 1.807) is 11.8 Å². The molecule has 0 aromatic heterocycles. The van der Waals surface area contributed by atoms with Crippen molar-refractivity contribution >= 4 is 57.1 Å². The lowest BCUT2D eigenvalue weighted by molar-refractivity contribution is 1.38. The number of rotatable bonds is 0. The Hall–Kier alpha value is -0.780. The Balaban J connectivity index is 2.18. The maximum Gasteiger partial charge on any atom is 0.167 e. The number of hydrogen-bond acceptors (Lipinski definition) is 5. The second kappa shape index (κ2) is 3.66. The van der Waals surface area contributed by atoms with Crippen molar-refractivity contribution in [2.45, 2.75) is 4.90 Å². The van der Waals surface area contributed by atoms with Crippen molar-refractivity contribution in [2.24, 2.45) is 13.8 Å². The monoisotopic (exact) mass is 253 g/mol. The standard InChI is InChI=1S/C9H4ClN3S2/c10-8-7-9(13-15-12-8)14-6-4-2-1-3-5(6)11-7/h1-4H. The van der Waals surface area contributed by atoms with Crippen LogP contribution in [-0.4, -0.2) is 15.9 Å². The van der Waals surface area contributed by atoms with Gasteiger partial charge in [0.25, 0.3) is 0 Å². The molecule has 0 bridgehead atoms. The number of aliphatic imine (C=N–C) groups is 1. The van der Waals surface area contributed by atoms with Crippen LogP contribution < -0.4 is 0 Å². The molecule has 0 saturated carbocycles. The minimum Gasteiger partial charge on any atom is -0.242 e. The zero-order valence-corrected chi connectivity index (χ0v) is 9.73. The van der Waals surface area contributed by atoms with Crippen LogP contribution in [0.4, 0.5) is 5.69 Å². The first-order valence-corrected chi connectivity index (χ1v) is 6.11. The van der Waals surface area contributed by atoms with E-state index in [2.05, 4.69) is 13.8 Å². The quantitative estimate of drug-likeness (QED) is 0.664. The molecule has 6 heteroatoms. The Bertz CT molecular complexity index is 522. The molecular weight excluding hydrogens is 250 g/mol. The Labute approximate surface area is 100 Å². The van der Waals surface area contributed by atoms with Crippen molar-refractivity contribution in [2.75, 3.05) is 0 Å². The molecule has 3 rings (SSSR count). The molecule has 0 radical (unpaired) electrons. The summed E-state index contributed by atoms with van der Waals surface area (Å²) in [6.07, 6.45) is 0. The van der Waals surface area contributed by atoms with Gasteiger partial charge in [-0.15, -0.1) is 0 Å². The third-order valence-corrected chi connectivity index (χ3v) is 4.00. The van der Waals surface area contributed by atoms with E-state index in [-0.39, 0.29) is 0 Å². The molecule has 0 atom stereocenters. The van der Waals surface area contributed by atoms with Crippen molar-refractivity contribution < 1.29 is 0 Å². The number of thioether (sulfide) groups is 1. The topological polar surface area (TPSA) is 37.1 Å². The van der Waals surface area contributed by atoms with Gasteiger partial charge in [-0.05, 0) is 12.1 Å². The number of halogens is 1. The number of fused-ring (bicyclic) bond motifs is 2. The third-order valence-electron chi connectivity index (χ3n) is 1.95. The van der Waals surface area contributed by atoms with Crippen LogP contribution in [0.3, 0.4) is 0 Å². The molecule has 0 aliphatic carbocycles. The van der Waals surface area contributed by atoms with Gasteiger partial charge in [-0.1, -0.05) is 35.5 Å². The number of nitrogens with zero attached hydrogens (tertiary/aromatic N) is 3. The lowest BCUT2D eigenvalue weighted by Crippen LogP contribution is -2.21. The van der Waals surface area contributed by atoms with Crippen LogP contribution in [0, 0.1) is 0 Å². The Morgan fingerprint density at radius 1 is 1.13 bits per heavy atom. The molecule has 1 aromatic carbocycles. The first-order valence-electron chi connectivity index (χ1n) is 4.18. The van der Waals surface area contributed by atoms with Gasteiger partial charge in [0, 0.05) is 4.90 Å². The fraction of sp³-hybridized carbons (Fsp3) is 0. The van der Waals surface area contributed by atoms with Gasteiger partial charge in [-0.2, -0.15) is 8.80 Å². The van der Waals surface area contributed by atoms with E-state index in [1.807, 2.05) is 24.3 Å². The third kappa shape index (κ3) is 1.60. The first-order chi connectivity index (χ1) is 7.34. The Morgan fingerprint density at radius 3 is 2.93 bits per heavy atom. The average molecular weight is 254 g/mol. The highest BCUT2D eigenvalue weighted by molar-refractivity contribution is 8.17. The normalized spacial score (nSPS) is 18.3. The van der Waals surface area contributed by atoms with Gasteiger partial charge in [0.15, 0.2) is 5.17 Å². The molecule has 2 heterocycles. The van der Waals surface area contributed by atoms with Gasteiger partial charge < -0.3 is 0 Å². The molecular formula is C9H4ClN3S2. The zero-order valence-electron chi connectivity index (χ0n) is 7.35. The SMILES string of the molecule is ClC1=NSN=C2Sc3ccccc3N=C12. The smallest absolute Gasteiger partial charge is 0.167 e. The average Bonchev–Trinajstić information content (AvgIpc) is 2.27. The van der Waals surface area contributed by atoms with Crippen LogP contribution in [0.5, 0.6) is 0 Å². The van der Waals surface area contributed by atoms with E-state index < -0.39 is 0 Å². The van der Waals surface area contributed by atoms with Gasteiger partial charge >= 0.3 is 0 Å². The predicted molar refractivity (Wildman–Crippen MR) is 67.7 cm³/mol. The molecule has 2 aliphatic rings. The Morgan fingerprint density at radius 2 is 2.00 bits per heavy atom. The largest absolute Gasteiger partial charge is 0.242 e. The Kier molecular flexibility index (Phi) is 2.31. The molecule has 0 amide bonds. The summed E-state index contributed by atoms with van der Waals surface area (Å²) in [5.74, 6) is 0. The lowest BCUT2D eigenvalue weighted by Gasteiger charge is -2.16. The van der Waals surface area contributed by atoms with Crippen LogP contribution in [0.2, 0.25) is 0 Å². The molecule has 0 spiro atoms. The molecule has 3 nitrogen and oxygen atoms in total. The maximum absolute atomic E-state index is 5.96. The fourth-order valence-electron chi connectivity index (χ4n) is 1.29. The highest BCUT2D eigenvalue weighted by Gasteiger charge is 2.25. The van der Waals surface area contributed by atoms with Crippen LogP contribution >= 0.6 is 35.5 Å². The number of benzene rings is 1. The summed E-state index contributed by atoms with van der Waals surface area (Å²) >= 11 is 8.64. The fourth-order valence-corrected chi connectivity index (χ4v) is 2.99. The van der Waals surface area contributed by atoms with Crippen LogP contribution in [0.15, 0.2) is 42.9 Å². The molecule has 74 valence electrons. The van der Waals surface area contributed by atoms with Crippen LogP contribution in [0.1, 0.15) is 0 Å². The van der Waals surface area contributed by atoms with Gasteiger partial charge in [0.2, 0.25) is 0 Å². The van der Waals surface area contributed by atoms with Crippen molar-refractivity contribution in [1.29, 1.82) is 0 Å². The molecule has 15 heavy (non-hydrogen) atoms. The van der Waals surface area contributed by atoms with E-state index in [9.17, 15) is 0 Å². The highest BCUT2D eigenvalue weighted by Crippen LogP contribution is 2.37. The summed E-state index contributed by atoms with van der Waals surface area (Å²) in [4.78, 5) is 5.54. The van der Waals surface area contributed by atoms with E-state index in [0.29, 0.717) is 10.9 Å². The molecule has 0 saturated heterocycles. The summed E-state index contributed by atoms with van der Waals surface area (Å²) in [5, 5.41) is 1.26. The van der Waals surface area contributed by atoms with Crippen molar-refractivity contribution in [3.63, 3.8) is 0 Å². The van der Waals surface area contributed by atoms with Crippen molar-refractivity contribution in [3.05, 3.63) is 24.3 Å². The van der Waals surface area contributed by atoms with Crippen molar-refractivity contribution in [3.8, 4) is 0 Å². The molecule has 0 fully saturated rings. The van der Waals surface area contributed by atoms with Gasteiger partial charge in [0.1, 0.15) is 22.9 Å². The summed E-state index contributed by atoms with van der Waals surface area (Å²) in [7, 11) is 0. The molecule has 2 aliphatic heterocycles. The molecule has 0 unspecified atom stereocenters. The van der Waals surface area contributed by atoms with Gasteiger partial charge in [-0.3, -0.25) is 0 Å². The summed E-state index contributed by atoms with van der Waals surface area (Å²) in [6.45, 7) is 0. The number of hydrogen-bond donors (Lipinski definition) is 0. The summed E-state index contributed by atoms with van der Waals surface area (Å²) in [5.41, 5.74) is 1.61. The first kappa shape index (κ1) is 9.45. The minimum atomic E-state index is 0.423. The summed E-state index contributed by atoms with van der Waals surface area (Å²) < 4.78 is 8.15. The van der Waals surface area contributed by atoms with Crippen LogP contribution in [-0.2, 0) is 0 Å². The second-order valence-corrected chi connectivity index (χ2v) is 4.81. The van der Waals surface area contributed by atoms with E-state index >= 15 is 0 Å².